The van der Waals surface area contributed by atoms with Gasteiger partial charge in [0.1, 0.15) is 11.8 Å². The van der Waals surface area contributed by atoms with Crippen molar-refractivity contribution >= 4 is 39.1 Å². The lowest BCUT2D eigenvalue weighted by molar-refractivity contribution is -0.140. The number of halogens is 1. The minimum Gasteiger partial charge on any atom is -0.494 e. The molecule has 10 heteroatoms. The van der Waals surface area contributed by atoms with Gasteiger partial charge in [-0.05, 0) is 68.7 Å². The quantitative estimate of drug-likeness (QED) is 0.326. The number of anilines is 1. The van der Waals surface area contributed by atoms with E-state index in [4.69, 9.17) is 16.3 Å². The van der Waals surface area contributed by atoms with Crippen LogP contribution in [0.5, 0.6) is 5.75 Å². The number of ether oxygens (including phenoxy) is 1. The molecule has 0 radical (unpaired) electrons. The van der Waals surface area contributed by atoms with Crippen LogP contribution in [0.3, 0.4) is 0 Å². The molecule has 1 atom stereocenters. The molecule has 0 unspecified atom stereocenters. The average molecular weight is 552 g/mol. The zero-order valence-electron chi connectivity index (χ0n) is 22.1. The summed E-state index contributed by atoms with van der Waals surface area (Å²) in [6.07, 6.45) is 3.33. The van der Waals surface area contributed by atoms with Crippen LogP contribution >= 0.6 is 11.6 Å². The number of amides is 2. The van der Waals surface area contributed by atoms with Gasteiger partial charge in [-0.15, -0.1) is 0 Å². The van der Waals surface area contributed by atoms with Gasteiger partial charge in [0.2, 0.25) is 21.8 Å². The number of nitrogens with one attached hydrogen (secondary N) is 1. The van der Waals surface area contributed by atoms with Gasteiger partial charge in [0.25, 0.3) is 0 Å². The minimum absolute atomic E-state index is 0.0865. The van der Waals surface area contributed by atoms with Crippen molar-refractivity contribution in [2.24, 2.45) is 0 Å². The third kappa shape index (κ3) is 9.89. The molecule has 0 spiro atoms. The van der Waals surface area contributed by atoms with Crippen molar-refractivity contribution in [1.82, 2.24) is 10.2 Å². The average Bonchev–Trinajstić information content (AvgIpc) is 2.86. The molecule has 37 heavy (non-hydrogen) atoms. The van der Waals surface area contributed by atoms with Crippen LogP contribution in [0.2, 0.25) is 5.02 Å². The summed E-state index contributed by atoms with van der Waals surface area (Å²) in [5.74, 6) is 0.204. The highest BCUT2D eigenvalue weighted by Gasteiger charge is 2.26. The van der Waals surface area contributed by atoms with E-state index < -0.39 is 16.1 Å². The van der Waals surface area contributed by atoms with E-state index in [1.807, 2.05) is 26.0 Å². The SMILES string of the molecule is CCCCNC(=O)[C@H](C)N(Cc1ccc(Cl)cc1)C(=O)CCCN(c1ccc(OCC)cc1)S(C)(=O)=O. The van der Waals surface area contributed by atoms with Crippen LogP contribution in [0.15, 0.2) is 48.5 Å². The molecule has 0 aliphatic rings. The summed E-state index contributed by atoms with van der Waals surface area (Å²) in [5, 5.41) is 3.48. The van der Waals surface area contributed by atoms with Crippen molar-refractivity contribution in [3.8, 4) is 5.75 Å². The molecular weight excluding hydrogens is 514 g/mol. The molecule has 0 aliphatic heterocycles. The summed E-state index contributed by atoms with van der Waals surface area (Å²) in [4.78, 5) is 27.6. The maximum atomic E-state index is 13.3. The van der Waals surface area contributed by atoms with E-state index in [2.05, 4.69) is 5.32 Å². The lowest BCUT2D eigenvalue weighted by Gasteiger charge is -2.29. The summed E-state index contributed by atoms with van der Waals surface area (Å²) in [7, 11) is -3.57. The number of nitrogens with zero attached hydrogens (tertiary/aromatic N) is 2. The smallest absolute Gasteiger partial charge is 0.242 e. The number of sulfonamides is 1. The van der Waals surface area contributed by atoms with Crippen LogP contribution in [0.1, 0.15) is 52.0 Å². The van der Waals surface area contributed by atoms with Gasteiger partial charge in [-0.2, -0.15) is 0 Å². The summed E-state index contributed by atoms with van der Waals surface area (Å²) >= 11 is 6.00. The van der Waals surface area contributed by atoms with Gasteiger partial charge in [0, 0.05) is 31.1 Å². The molecule has 8 nitrogen and oxygen atoms in total. The van der Waals surface area contributed by atoms with Crippen molar-refractivity contribution in [2.45, 2.75) is 59.0 Å². The van der Waals surface area contributed by atoms with Gasteiger partial charge in [-0.3, -0.25) is 13.9 Å². The fourth-order valence-electron chi connectivity index (χ4n) is 3.78. The van der Waals surface area contributed by atoms with Crippen molar-refractivity contribution in [3.63, 3.8) is 0 Å². The van der Waals surface area contributed by atoms with Crippen LogP contribution in [0, 0.1) is 0 Å². The van der Waals surface area contributed by atoms with E-state index in [9.17, 15) is 18.0 Å². The van der Waals surface area contributed by atoms with E-state index in [1.165, 1.54) is 9.21 Å². The maximum absolute atomic E-state index is 13.3. The second-order valence-electron chi connectivity index (χ2n) is 8.83. The predicted molar refractivity (Wildman–Crippen MR) is 148 cm³/mol. The normalized spacial score (nSPS) is 12.0. The van der Waals surface area contributed by atoms with E-state index in [0.717, 1.165) is 24.7 Å². The molecule has 2 aromatic carbocycles. The molecule has 0 saturated heterocycles. The van der Waals surface area contributed by atoms with Gasteiger partial charge >= 0.3 is 0 Å². The van der Waals surface area contributed by atoms with E-state index in [0.29, 0.717) is 36.0 Å². The van der Waals surface area contributed by atoms with Crippen molar-refractivity contribution in [2.75, 3.05) is 30.3 Å². The van der Waals surface area contributed by atoms with E-state index in [-0.39, 0.29) is 31.3 Å². The van der Waals surface area contributed by atoms with Gasteiger partial charge in [-0.25, -0.2) is 8.42 Å². The minimum atomic E-state index is -3.57. The highest BCUT2D eigenvalue weighted by atomic mass is 35.5. The lowest BCUT2D eigenvalue weighted by Crippen LogP contribution is -2.47. The molecule has 1 N–H and O–H groups in total. The Morgan fingerprint density at radius 2 is 1.68 bits per heavy atom. The van der Waals surface area contributed by atoms with Crippen LogP contribution in [0.4, 0.5) is 5.69 Å². The van der Waals surface area contributed by atoms with Gasteiger partial charge < -0.3 is 15.0 Å². The Morgan fingerprint density at radius 1 is 1.03 bits per heavy atom. The summed E-state index contributed by atoms with van der Waals surface area (Å²) in [6.45, 7) is 7.06. The largest absolute Gasteiger partial charge is 0.494 e. The number of carbonyl (C=O) groups excluding carboxylic acids is 2. The molecule has 0 aliphatic carbocycles. The van der Waals surface area contributed by atoms with Crippen LogP contribution in [0.25, 0.3) is 0 Å². The third-order valence-corrected chi connectivity index (χ3v) is 7.30. The van der Waals surface area contributed by atoms with Gasteiger partial charge in [-0.1, -0.05) is 37.1 Å². The first-order chi connectivity index (χ1) is 17.6. The number of carbonyl (C=O) groups is 2. The topological polar surface area (TPSA) is 96.0 Å². The highest BCUT2D eigenvalue weighted by molar-refractivity contribution is 7.92. The molecule has 204 valence electrons. The van der Waals surface area contributed by atoms with Crippen LogP contribution < -0.4 is 14.4 Å². The second-order valence-corrected chi connectivity index (χ2v) is 11.2. The molecule has 0 bridgehead atoms. The maximum Gasteiger partial charge on any atom is 0.242 e. The Bertz CT molecular complexity index is 1110. The number of hydrogen-bond acceptors (Lipinski definition) is 5. The molecule has 2 amide bonds. The molecule has 0 aromatic heterocycles. The molecule has 0 fully saturated rings. The fraction of sp³-hybridized carbons (Fsp3) is 0.481. The first-order valence-electron chi connectivity index (χ1n) is 12.6. The van der Waals surface area contributed by atoms with Crippen LogP contribution in [-0.4, -0.2) is 57.1 Å². The summed E-state index contributed by atoms with van der Waals surface area (Å²) < 4.78 is 31.7. The van der Waals surface area contributed by atoms with Gasteiger partial charge in [0.15, 0.2) is 0 Å². The molecule has 0 heterocycles. The Balaban J connectivity index is 2.12. The standard InChI is InChI=1S/C27H38ClN3O5S/c1-5-7-18-29-27(33)21(3)30(20-22-10-12-23(28)13-11-22)26(32)9-8-19-31(37(4,34)35)24-14-16-25(17-15-24)36-6-2/h10-17,21H,5-9,18-20H2,1-4H3,(H,29,33)/t21-/m0/s1. The third-order valence-electron chi connectivity index (χ3n) is 5.85. The number of hydrogen-bond donors (Lipinski definition) is 1. The van der Waals surface area contributed by atoms with Crippen molar-refractivity contribution in [1.29, 1.82) is 0 Å². The van der Waals surface area contributed by atoms with Crippen LogP contribution in [-0.2, 0) is 26.2 Å². The molecular formula is C27H38ClN3O5S. The molecule has 2 aromatic rings. The summed E-state index contributed by atoms with van der Waals surface area (Å²) in [5.41, 5.74) is 1.35. The monoisotopic (exact) mass is 551 g/mol. The Hall–Kier alpha value is -2.78. The van der Waals surface area contributed by atoms with E-state index in [1.54, 1.807) is 43.3 Å². The predicted octanol–water partition coefficient (Wildman–Crippen LogP) is 4.62. The van der Waals surface area contributed by atoms with Crippen molar-refractivity contribution in [3.05, 3.63) is 59.1 Å². The number of rotatable bonds is 15. The fourth-order valence-corrected chi connectivity index (χ4v) is 4.88. The molecule has 0 saturated carbocycles. The number of benzene rings is 2. The zero-order chi connectivity index (χ0) is 27.4. The second kappa shape index (κ2) is 14.8. The Labute approximate surface area is 226 Å². The first-order valence-corrected chi connectivity index (χ1v) is 14.8. The van der Waals surface area contributed by atoms with Crippen molar-refractivity contribution < 1.29 is 22.7 Å². The Kier molecular flexibility index (Phi) is 12.2. The van der Waals surface area contributed by atoms with E-state index >= 15 is 0 Å². The highest BCUT2D eigenvalue weighted by Crippen LogP contribution is 2.23. The lowest BCUT2D eigenvalue weighted by atomic mass is 10.1. The molecule has 2 rings (SSSR count). The Morgan fingerprint density at radius 3 is 2.24 bits per heavy atom. The zero-order valence-corrected chi connectivity index (χ0v) is 23.6. The van der Waals surface area contributed by atoms with Gasteiger partial charge in [0.05, 0.1) is 18.6 Å². The summed E-state index contributed by atoms with van der Waals surface area (Å²) in [6, 6.07) is 13.2. The number of unbranched alkanes of at least 4 members (excludes halogenated alkanes) is 1. The first kappa shape index (κ1) is 30.4.